The first-order valence-corrected chi connectivity index (χ1v) is 12.7. The van der Waals surface area contributed by atoms with Crippen molar-refractivity contribution in [2.24, 2.45) is 5.92 Å². The van der Waals surface area contributed by atoms with E-state index in [4.69, 9.17) is 5.11 Å². The summed E-state index contributed by atoms with van der Waals surface area (Å²) in [5, 5.41) is 18.3. The average molecular weight is 473 g/mol. The Labute approximate surface area is 191 Å². The molecule has 0 bridgehead atoms. The fraction of sp³-hybridized carbons (Fsp3) is 0.318. The lowest BCUT2D eigenvalue weighted by Gasteiger charge is -2.36. The van der Waals surface area contributed by atoms with Crippen LogP contribution in [0.15, 0.2) is 54.6 Å². The number of hydrogen-bond donors (Lipinski definition) is 1. The minimum absolute atomic E-state index is 0.0927. The van der Waals surface area contributed by atoms with E-state index in [0.29, 0.717) is 29.8 Å². The van der Waals surface area contributed by atoms with Crippen LogP contribution in [-0.4, -0.2) is 54.2 Å². The molecule has 4 rings (SSSR count). The SMILES string of the molecule is CCN(c1nnc(-c2ccc(CN3CC(C(=O)O)C3)cc2)s1)S(=O)(=O)Cc1ccccc1. The smallest absolute Gasteiger partial charge is 0.309 e. The maximum Gasteiger partial charge on any atom is 0.309 e. The molecule has 2 aromatic carbocycles. The van der Waals surface area contributed by atoms with Crippen LogP contribution in [0, 0.1) is 5.92 Å². The van der Waals surface area contributed by atoms with Crippen molar-refractivity contribution in [3.05, 3.63) is 65.7 Å². The summed E-state index contributed by atoms with van der Waals surface area (Å²) in [6, 6.07) is 16.9. The first kappa shape index (κ1) is 22.4. The third-order valence-corrected chi connectivity index (χ3v) is 8.27. The van der Waals surface area contributed by atoms with E-state index < -0.39 is 16.0 Å². The van der Waals surface area contributed by atoms with E-state index in [1.54, 1.807) is 19.1 Å². The molecule has 0 amide bonds. The molecule has 1 N–H and O–H groups in total. The molecule has 0 aliphatic carbocycles. The van der Waals surface area contributed by atoms with Crippen LogP contribution in [0.25, 0.3) is 10.6 Å². The van der Waals surface area contributed by atoms with E-state index in [1.807, 2.05) is 42.5 Å². The molecule has 0 atom stereocenters. The van der Waals surface area contributed by atoms with Crippen LogP contribution in [0.4, 0.5) is 5.13 Å². The van der Waals surface area contributed by atoms with Crippen LogP contribution in [0.5, 0.6) is 0 Å². The standard InChI is InChI=1S/C22H24N4O4S2/c1-2-26(32(29,30)15-17-6-4-3-5-7-17)22-24-23-20(31-22)18-10-8-16(9-11-18)12-25-13-19(14-25)21(27)28/h3-11,19H,2,12-15H2,1H3,(H,27,28). The molecule has 0 unspecified atom stereocenters. The molecule has 8 nitrogen and oxygen atoms in total. The lowest BCUT2D eigenvalue weighted by Crippen LogP contribution is -2.49. The summed E-state index contributed by atoms with van der Waals surface area (Å²) in [7, 11) is -3.58. The first-order valence-electron chi connectivity index (χ1n) is 10.3. The maximum absolute atomic E-state index is 12.9. The minimum atomic E-state index is -3.58. The molecule has 2 heterocycles. The number of hydrogen-bond acceptors (Lipinski definition) is 7. The van der Waals surface area contributed by atoms with Crippen LogP contribution in [0.2, 0.25) is 0 Å². The highest BCUT2D eigenvalue weighted by Crippen LogP contribution is 2.31. The van der Waals surface area contributed by atoms with Crippen molar-refractivity contribution in [3.63, 3.8) is 0 Å². The van der Waals surface area contributed by atoms with Gasteiger partial charge in [0.05, 0.1) is 11.7 Å². The Balaban J connectivity index is 1.44. The van der Waals surface area contributed by atoms with E-state index in [1.165, 1.54) is 15.6 Å². The molecule has 1 fully saturated rings. The molecule has 32 heavy (non-hydrogen) atoms. The number of aliphatic carboxylic acids is 1. The molecule has 1 aliphatic heterocycles. The zero-order valence-corrected chi connectivity index (χ0v) is 19.2. The summed E-state index contributed by atoms with van der Waals surface area (Å²) >= 11 is 1.24. The van der Waals surface area contributed by atoms with Gasteiger partial charge in [0, 0.05) is 31.7 Å². The molecular weight excluding hydrogens is 448 g/mol. The quantitative estimate of drug-likeness (QED) is 0.510. The number of rotatable bonds is 9. The fourth-order valence-electron chi connectivity index (χ4n) is 3.61. The van der Waals surface area contributed by atoms with Gasteiger partial charge in [-0.05, 0) is 18.1 Å². The lowest BCUT2D eigenvalue weighted by molar-refractivity contribution is -0.147. The largest absolute Gasteiger partial charge is 0.481 e. The molecule has 1 saturated heterocycles. The number of aromatic nitrogens is 2. The Morgan fingerprint density at radius 2 is 1.78 bits per heavy atom. The van der Waals surface area contributed by atoms with Crippen LogP contribution >= 0.6 is 11.3 Å². The predicted octanol–water partition coefficient (Wildman–Crippen LogP) is 3.08. The van der Waals surface area contributed by atoms with Gasteiger partial charge in [0.15, 0.2) is 0 Å². The van der Waals surface area contributed by atoms with Gasteiger partial charge in [-0.25, -0.2) is 12.7 Å². The zero-order valence-electron chi connectivity index (χ0n) is 17.6. The zero-order chi connectivity index (χ0) is 22.7. The van der Waals surface area contributed by atoms with E-state index >= 15 is 0 Å². The summed E-state index contributed by atoms with van der Waals surface area (Å²) in [6.45, 7) is 3.90. The molecular formula is C22H24N4O4S2. The van der Waals surface area contributed by atoms with Gasteiger partial charge in [-0.2, -0.15) is 0 Å². The van der Waals surface area contributed by atoms with Crippen LogP contribution in [-0.2, 0) is 27.1 Å². The number of anilines is 1. The van der Waals surface area contributed by atoms with Gasteiger partial charge in [0.1, 0.15) is 5.01 Å². The van der Waals surface area contributed by atoms with Gasteiger partial charge in [-0.1, -0.05) is 65.9 Å². The Hall–Kier alpha value is -2.82. The summed E-state index contributed by atoms with van der Waals surface area (Å²) in [5.74, 6) is -1.10. The highest BCUT2D eigenvalue weighted by Gasteiger charge is 2.32. The Bertz CT molecular complexity index is 1170. The third-order valence-electron chi connectivity index (χ3n) is 5.36. The summed E-state index contributed by atoms with van der Waals surface area (Å²) < 4.78 is 27.2. The number of likely N-dealkylation sites (tertiary alicyclic amines) is 1. The van der Waals surface area contributed by atoms with Crippen molar-refractivity contribution in [1.29, 1.82) is 0 Å². The molecule has 1 aromatic heterocycles. The number of carboxylic acids is 1. The number of carboxylic acid groups (broad SMARTS) is 1. The summed E-state index contributed by atoms with van der Waals surface area (Å²) in [5.41, 5.74) is 2.67. The number of nitrogens with zero attached hydrogens (tertiary/aromatic N) is 4. The van der Waals surface area contributed by atoms with Crippen molar-refractivity contribution in [2.45, 2.75) is 19.2 Å². The van der Waals surface area contributed by atoms with Gasteiger partial charge in [0.25, 0.3) is 0 Å². The molecule has 168 valence electrons. The molecule has 1 aliphatic rings. The minimum Gasteiger partial charge on any atom is -0.481 e. The fourth-order valence-corrected chi connectivity index (χ4v) is 6.32. The molecule has 0 spiro atoms. The van der Waals surface area contributed by atoms with Crippen molar-refractivity contribution >= 4 is 32.5 Å². The Kier molecular flexibility index (Phi) is 6.54. The van der Waals surface area contributed by atoms with Crippen molar-refractivity contribution in [2.75, 3.05) is 23.9 Å². The van der Waals surface area contributed by atoms with Gasteiger partial charge < -0.3 is 5.11 Å². The van der Waals surface area contributed by atoms with Crippen molar-refractivity contribution < 1.29 is 18.3 Å². The Morgan fingerprint density at radius 3 is 2.41 bits per heavy atom. The topological polar surface area (TPSA) is 104 Å². The highest BCUT2D eigenvalue weighted by atomic mass is 32.2. The van der Waals surface area contributed by atoms with E-state index in [0.717, 1.165) is 16.7 Å². The van der Waals surface area contributed by atoms with E-state index in [9.17, 15) is 13.2 Å². The van der Waals surface area contributed by atoms with Gasteiger partial charge in [-0.3, -0.25) is 9.69 Å². The maximum atomic E-state index is 12.9. The second-order valence-corrected chi connectivity index (χ2v) is 10.6. The van der Waals surface area contributed by atoms with Crippen LogP contribution in [0.1, 0.15) is 18.1 Å². The number of sulfonamides is 1. The van der Waals surface area contributed by atoms with Gasteiger partial charge in [-0.15, -0.1) is 10.2 Å². The van der Waals surface area contributed by atoms with Crippen molar-refractivity contribution in [1.82, 2.24) is 15.1 Å². The van der Waals surface area contributed by atoms with E-state index in [2.05, 4.69) is 15.1 Å². The third kappa shape index (κ3) is 4.98. The van der Waals surface area contributed by atoms with E-state index in [-0.39, 0.29) is 18.2 Å². The number of carbonyl (C=O) groups is 1. The van der Waals surface area contributed by atoms with Gasteiger partial charge in [0.2, 0.25) is 15.2 Å². The second kappa shape index (κ2) is 9.35. The van der Waals surface area contributed by atoms with Crippen LogP contribution < -0.4 is 4.31 Å². The highest BCUT2D eigenvalue weighted by molar-refractivity contribution is 7.92. The predicted molar refractivity (Wildman–Crippen MR) is 124 cm³/mol. The number of benzene rings is 2. The lowest BCUT2D eigenvalue weighted by atomic mass is 9.99. The molecule has 0 radical (unpaired) electrons. The molecule has 10 heteroatoms. The van der Waals surface area contributed by atoms with Crippen LogP contribution in [0.3, 0.4) is 0 Å². The summed E-state index contributed by atoms with van der Waals surface area (Å²) in [6.07, 6.45) is 0. The monoisotopic (exact) mass is 472 g/mol. The Morgan fingerprint density at radius 1 is 1.09 bits per heavy atom. The molecule has 0 saturated carbocycles. The van der Waals surface area contributed by atoms with Crippen molar-refractivity contribution in [3.8, 4) is 10.6 Å². The van der Waals surface area contributed by atoms with Gasteiger partial charge >= 0.3 is 5.97 Å². The molecule has 3 aromatic rings. The normalized spacial score (nSPS) is 14.8. The summed E-state index contributed by atoms with van der Waals surface area (Å²) in [4.78, 5) is 13.0. The second-order valence-electron chi connectivity index (χ2n) is 7.72. The average Bonchev–Trinajstić information content (AvgIpc) is 3.20. The first-order chi connectivity index (χ1) is 15.4.